The maximum atomic E-state index is 12.9. The molecule has 0 radical (unpaired) electrons. The van der Waals surface area contributed by atoms with Crippen LogP contribution in [0.5, 0.6) is 5.88 Å². The van der Waals surface area contributed by atoms with Crippen LogP contribution in [0.2, 0.25) is 0 Å². The molecule has 0 N–H and O–H groups in total. The molecular weight excluding hydrogens is 457 g/mol. The molecule has 3 aromatic heterocycles. The third-order valence-corrected chi connectivity index (χ3v) is 5.98. The van der Waals surface area contributed by atoms with Crippen LogP contribution in [-0.4, -0.2) is 36.4 Å². The van der Waals surface area contributed by atoms with Gasteiger partial charge in [-0.05, 0) is 61.7 Å². The minimum absolute atomic E-state index is 0.100. The summed E-state index contributed by atoms with van der Waals surface area (Å²) in [5.41, 5.74) is 2.49. The van der Waals surface area contributed by atoms with Crippen LogP contribution >= 0.6 is 0 Å². The molecule has 1 aromatic carbocycles. The molecule has 7 nitrogen and oxygen atoms in total. The Labute approximate surface area is 199 Å². The number of fused-ring (bicyclic) bond motifs is 1. The van der Waals surface area contributed by atoms with Gasteiger partial charge in [0.1, 0.15) is 11.5 Å². The van der Waals surface area contributed by atoms with E-state index in [1.807, 2.05) is 34.5 Å². The number of hydrogen-bond donors (Lipinski definition) is 0. The molecule has 5 rings (SSSR count). The predicted molar refractivity (Wildman–Crippen MR) is 124 cm³/mol. The number of aromatic nitrogens is 6. The fourth-order valence-electron chi connectivity index (χ4n) is 4.26. The highest BCUT2D eigenvalue weighted by Crippen LogP contribution is 2.35. The maximum absolute atomic E-state index is 12.9. The number of ether oxygens (including phenoxy) is 1. The number of imidazole rings is 1. The third-order valence-electron chi connectivity index (χ3n) is 5.98. The molecule has 35 heavy (non-hydrogen) atoms. The number of halogens is 3. The van der Waals surface area contributed by atoms with Crippen LogP contribution in [0.15, 0.2) is 48.9 Å². The molecule has 180 valence electrons. The van der Waals surface area contributed by atoms with E-state index in [4.69, 9.17) is 4.74 Å². The van der Waals surface area contributed by atoms with Crippen molar-refractivity contribution in [3.63, 3.8) is 0 Å². The number of nitrogens with zero attached hydrogens (tertiary/aromatic N) is 6. The van der Waals surface area contributed by atoms with Crippen LogP contribution in [-0.2, 0) is 12.7 Å². The second-order valence-electron chi connectivity index (χ2n) is 8.39. The summed E-state index contributed by atoms with van der Waals surface area (Å²) >= 11 is 0. The first kappa shape index (κ1) is 22.8. The number of alkyl halides is 3. The van der Waals surface area contributed by atoms with Crippen LogP contribution in [0.3, 0.4) is 0 Å². The first-order valence-electron chi connectivity index (χ1n) is 11.2. The molecule has 1 aliphatic heterocycles. The first-order chi connectivity index (χ1) is 16.8. The average Bonchev–Trinajstić information content (AvgIpc) is 3.47. The number of benzene rings is 1. The van der Waals surface area contributed by atoms with E-state index >= 15 is 0 Å². The Morgan fingerprint density at radius 1 is 1.06 bits per heavy atom. The second kappa shape index (κ2) is 9.01. The topological polar surface area (TPSA) is 70.7 Å². The Morgan fingerprint density at radius 2 is 1.86 bits per heavy atom. The lowest BCUT2D eigenvalue weighted by atomic mass is 9.90. The molecule has 1 atom stereocenters. The summed E-state index contributed by atoms with van der Waals surface area (Å²) in [6.07, 6.45) is 4.51. The zero-order chi connectivity index (χ0) is 24.6. The second-order valence-corrected chi connectivity index (χ2v) is 8.39. The number of pyridine rings is 1. The van der Waals surface area contributed by atoms with E-state index < -0.39 is 11.7 Å². The SMILES string of the molecule is COc1nc(/C=C/c2nc3n(n2)CCC[C@H]3c2ccc(C(F)(F)F)cc2)ccc1-n1cnc(C)c1. The zero-order valence-electron chi connectivity index (χ0n) is 19.2. The number of rotatable bonds is 5. The van der Waals surface area contributed by atoms with Gasteiger partial charge in [-0.25, -0.2) is 19.6 Å². The minimum atomic E-state index is -4.35. The van der Waals surface area contributed by atoms with Gasteiger partial charge >= 0.3 is 6.18 Å². The number of methoxy groups -OCH3 is 1. The minimum Gasteiger partial charge on any atom is -0.479 e. The van der Waals surface area contributed by atoms with Gasteiger partial charge in [-0.3, -0.25) is 0 Å². The molecule has 4 heterocycles. The van der Waals surface area contributed by atoms with E-state index in [9.17, 15) is 13.2 Å². The summed E-state index contributed by atoms with van der Waals surface area (Å²) < 4.78 is 48.0. The Morgan fingerprint density at radius 3 is 2.54 bits per heavy atom. The van der Waals surface area contributed by atoms with Crippen LogP contribution < -0.4 is 4.74 Å². The van der Waals surface area contributed by atoms with Crippen molar-refractivity contribution in [3.8, 4) is 11.6 Å². The van der Waals surface area contributed by atoms with E-state index in [1.54, 1.807) is 25.6 Å². The molecule has 0 bridgehead atoms. The molecule has 1 aliphatic rings. The van der Waals surface area contributed by atoms with Gasteiger partial charge < -0.3 is 9.30 Å². The summed E-state index contributed by atoms with van der Waals surface area (Å²) in [5, 5.41) is 4.58. The van der Waals surface area contributed by atoms with E-state index in [0.717, 1.165) is 54.3 Å². The normalized spacial score (nSPS) is 16.0. The molecule has 0 unspecified atom stereocenters. The Balaban J connectivity index is 1.38. The number of hydrogen-bond acceptors (Lipinski definition) is 5. The molecule has 10 heteroatoms. The summed E-state index contributed by atoms with van der Waals surface area (Å²) in [7, 11) is 1.56. The first-order valence-corrected chi connectivity index (χ1v) is 11.2. The van der Waals surface area contributed by atoms with Crippen LogP contribution in [0, 0.1) is 6.92 Å². The van der Waals surface area contributed by atoms with E-state index in [0.29, 0.717) is 17.4 Å². The van der Waals surface area contributed by atoms with Crippen LogP contribution in [0.4, 0.5) is 13.2 Å². The third kappa shape index (κ3) is 4.68. The lowest BCUT2D eigenvalue weighted by Gasteiger charge is -2.22. The maximum Gasteiger partial charge on any atom is 0.416 e. The largest absolute Gasteiger partial charge is 0.479 e. The van der Waals surface area contributed by atoms with Gasteiger partial charge in [0.25, 0.3) is 0 Å². The van der Waals surface area contributed by atoms with E-state index in [2.05, 4.69) is 20.1 Å². The summed E-state index contributed by atoms with van der Waals surface area (Å²) in [5.74, 6) is 1.64. The van der Waals surface area contributed by atoms with Gasteiger partial charge in [0.2, 0.25) is 5.88 Å². The van der Waals surface area contributed by atoms with Crippen molar-refractivity contribution < 1.29 is 17.9 Å². The van der Waals surface area contributed by atoms with Crippen LogP contribution in [0.1, 0.15) is 52.9 Å². The lowest BCUT2D eigenvalue weighted by Crippen LogP contribution is -2.18. The molecular formula is C25H23F3N6O. The van der Waals surface area contributed by atoms with Crippen molar-refractivity contribution in [2.45, 2.75) is 38.4 Å². The van der Waals surface area contributed by atoms with Crippen molar-refractivity contribution in [1.29, 1.82) is 0 Å². The fourth-order valence-corrected chi connectivity index (χ4v) is 4.26. The smallest absolute Gasteiger partial charge is 0.416 e. The van der Waals surface area contributed by atoms with Gasteiger partial charge in [0.05, 0.1) is 30.4 Å². The Hall–Kier alpha value is -3.95. The summed E-state index contributed by atoms with van der Waals surface area (Å²) in [4.78, 5) is 13.5. The highest BCUT2D eigenvalue weighted by Gasteiger charge is 2.31. The van der Waals surface area contributed by atoms with Crippen molar-refractivity contribution in [2.24, 2.45) is 0 Å². The molecule has 0 saturated carbocycles. The molecule has 0 saturated heterocycles. The summed E-state index contributed by atoms with van der Waals surface area (Å²) in [6, 6.07) is 9.09. The van der Waals surface area contributed by atoms with Gasteiger partial charge in [-0.2, -0.15) is 18.3 Å². The highest BCUT2D eigenvalue weighted by atomic mass is 19.4. The quantitative estimate of drug-likeness (QED) is 0.388. The van der Waals surface area contributed by atoms with Crippen molar-refractivity contribution >= 4 is 12.2 Å². The predicted octanol–water partition coefficient (Wildman–Crippen LogP) is 5.29. The van der Waals surface area contributed by atoms with Gasteiger partial charge in [0.15, 0.2) is 5.82 Å². The average molecular weight is 480 g/mol. The Bertz CT molecular complexity index is 1370. The molecule has 0 amide bonds. The molecule has 0 aliphatic carbocycles. The van der Waals surface area contributed by atoms with E-state index in [1.165, 1.54) is 12.1 Å². The summed E-state index contributed by atoms with van der Waals surface area (Å²) in [6.45, 7) is 2.63. The van der Waals surface area contributed by atoms with Crippen LogP contribution in [0.25, 0.3) is 17.8 Å². The van der Waals surface area contributed by atoms with Crippen molar-refractivity contribution in [1.82, 2.24) is 29.3 Å². The number of aryl methyl sites for hydroxylation is 2. The fraction of sp³-hybridized carbons (Fsp3) is 0.280. The molecule has 0 fully saturated rings. The zero-order valence-corrected chi connectivity index (χ0v) is 19.2. The monoisotopic (exact) mass is 480 g/mol. The highest BCUT2D eigenvalue weighted by molar-refractivity contribution is 5.65. The molecule has 0 spiro atoms. The molecule has 4 aromatic rings. The van der Waals surface area contributed by atoms with Gasteiger partial charge in [-0.15, -0.1) is 0 Å². The van der Waals surface area contributed by atoms with Gasteiger partial charge in [-0.1, -0.05) is 12.1 Å². The van der Waals surface area contributed by atoms with Crippen molar-refractivity contribution in [2.75, 3.05) is 7.11 Å². The lowest BCUT2D eigenvalue weighted by molar-refractivity contribution is -0.137. The standard InChI is InChI=1S/C25H23F3N6O/c1-16-14-33(15-29-16)21-11-9-19(30-24(21)35-2)10-12-22-31-23-20(4-3-13-34(23)32-22)17-5-7-18(8-6-17)25(26,27)28/h5-12,14-15,20H,3-4,13H2,1-2H3/b12-10+/t20-/m0/s1. The Kier molecular flexibility index (Phi) is 5.88. The van der Waals surface area contributed by atoms with Gasteiger partial charge in [0, 0.05) is 18.7 Å². The van der Waals surface area contributed by atoms with Crippen molar-refractivity contribution in [3.05, 3.63) is 83.1 Å². The van der Waals surface area contributed by atoms with E-state index in [-0.39, 0.29) is 5.92 Å².